The van der Waals surface area contributed by atoms with Crippen LogP contribution in [-0.4, -0.2) is 14.9 Å². The van der Waals surface area contributed by atoms with Gasteiger partial charge in [-0.05, 0) is 43.1 Å². The van der Waals surface area contributed by atoms with Crippen LogP contribution in [0.2, 0.25) is 0 Å². The summed E-state index contributed by atoms with van der Waals surface area (Å²) in [6.45, 7) is 2.07. The smallest absolute Gasteiger partial charge is 0.0756 e. The molecule has 1 aromatic rings. The molecular weight excluding hydrogens is 272 g/mol. The summed E-state index contributed by atoms with van der Waals surface area (Å²) in [6, 6.07) is 0. The molecule has 0 aliphatic heterocycles. The molecule has 1 saturated carbocycles. The van der Waals surface area contributed by atoms with Crippen LogP contribution in [0.3, 0.4) is 0 Å². The highest BCUT2D eigenvalue weighted by Gasteiger charge is 2.32. The zero-order valence-electron chi connectivity index (χ0n) is 9.13. The SMILES string of the molecule is Cc1nnsc1CC1(CBr)CCCCC1. The summed E-state index contributed by atoms with van der Waals surface area (Å²) in [5.41, 5.74) is 1.61. The number of hydrogen-bond acceptors (Lipinski definition) is 3. The van der Waals surface area contributed by atoms with Crippen molar-refractivity contribution in [3.05, 3.63) is 10.6 Å². The van der Waals surface area contributed by atoms with Gasteiger partial charge in [0.2, 0.25) is 0 Å². The molecule has 0 bridgehead atoms. The Kier molecular flexibility index (Phi) is 3.78. The minimum absolute atomic E-state index is 0.483. The van der Waals surface area contributed by atoms with Crippen molar-refractivity contribution >= 4 is 27.5 Å². The van der Waals surface area contributed by atoms with Crippen LogP contribution in [0.25, 0.3) is 0 Å². The Balaban J connectivity index is 2.10. The van der Waals surface area contributed by atoms with E-state index in [1.54, 1.807) is 11.5 Å². The van der Waals surface area contributed by atoms with E-state index in [2.05, 4.69) is 32.4 Å². The quantitative estimate of drug-likeness (QED) is 0.792. The molecule has 0 spiro atoms. The second-order valence-corrected chi connectivity index (χ2v) is 6.05. The van der Waals surface area contributed by atoms with E-state index in [4.69, 9.17) is 0 Å². The van der Waals surface area contributed by atoms with E-state index >= 15 is 0 Å². The molecule has 0 N–H and O–H groups in total. The number of halogens is 1. The number of hydrogen-bond donors (Lipinski definition) is 0. The Morgan fingerprint density at radius 3 is 2.60 bits per heavy atom. The second-order valence-electron chi connectivity index (χ2n) is 4.65. The van der Waals surface area contributed by atoms with Crippen LogP contribution in [0.15, 0.2) is 0 Å². The third-order valence-corrected chi connectivity index (χ3v) is 5.49. The third kappa shape index (κ3) is 2.59. The number of alkyl halides is 1. The molecule has 1 heterocycles. The first-order chi connectivity index (χ1) is 7.26. The highest BCUT2D eigenvalue weighted by atomic mass is 79.9. The Hall–Kier alpha value is 0.0400. The summed E-state index contributed by atoms with van der Waals surface area (Å²) in [4.78, 5) is 1.39. The van der Waals surface area contributed by atoms with Crippen molar-refractivity contribution < 1.29 is 0 Å². The molecule has 4 heteroatoms. The summed E-state index contributed by atoms with van der Waals surface area (Å²) in [5, 5.41) is 5.22. The van der Waals surface area contributed by atoms with Crippen molar-refractivity contribution in [2.75, 3.05) is 5.33 Å². The normalized spacial score (nSPS) is 20.4. The fourth-order valence-electron chi connectivity index (χ4n) is 2.41. The first kappa shape index (κ1) is 11.5. The number of aryl methyl sites for hydroxylation is 1. The summed E-state index contributed by atoms with van der Waals surface area (Å²) in [5.74, 6) is 0. The molecule has 1 aromatic heterocycles. The van der Waals surface area contributed by atoms with Gasteiger partial charge in [-0.2, -0.15) is 0 Å². The van der Waals surface area contributed by atoms with E-state index in [0.717, 1.165) is 11.0 Å². The average Bonchev–Trinajstić information content (AvgIpc) is 2.66. The van der Waals surface area contributed by atoms with Gasteiger partial charge >= 0.3 is 0 Å². The molecule has 0 aromatic carbocycles. The van der Waals surface area contributed by atoms with Crippen LogP contribution < -0.4 is 0 Å². The lowest BCUT2D eigenvalue weighted by Gasteiger charge is -2.35. The van der Waals surface area contributed by atoms with Gasteiger partial charge in [-0.1, -0.05) is 39.7 Å². The van der Waals surface area contributed by atoms with Gasteiger partial charge in [0.05, 0.1) is 5.69 Å². The molecule has 84 valence electrons. The predicted molar refractivity (Wildman–Crippen MR) is 67.7 cm³/mol. The van der Waals surface area contributed by atoms with Crippen LogP contribution >= 0.6 is 27.5 Å². The molecule has 1 fully saturated rings. The minimum Gasteiger partial charge on any atom is -0.143 e. The van der Waals surface area contributed by atoms with Crippen LogP contribution in [-0.2, 0) is 6.42 Å². The molecule has 1 aliphatic carbocycles. The topological polar surface area (TPSA) is 25.8 Å². The molecule has 0 amide bonds. The van der Waals surface area contributed by atoms with Gasteiger partial charge in [-0.3, -0.25) is 0 Å². The Labute approximate surface area is 104 Å². The van der Waals surface area contributed by atoms with Gasteiger partial charge in [0.25, 0.3) is 0 Å². The molecule has 2 rings (SSSR count). The Bertz CT molecular complexity index is 318. The standard InChI is InChI=1S/C11H17BrN2S/c1-9-10(15-14-13-9)7-11(8-12)5-3-2-4-6-11/h2-8H2,1H3. The van der Waals surface area contributed by atoms with E-state index in [1.165, 1.54) is 43.4 Å². The van der Waals surface area contributed by atoms with Crippen molar-refractivity contribution in [2.45, 2.75) is 45.4 Å². The van der Waals surface area contributed by atoms with Crippen molar-refractivity contribution in [2.24, 2.45) is 5.41 Å². The predicted octanol–water partition coefficient (Wildman–Crippen LogP) is 3.73. The van der Waals surface area contributed by atoms with Crippen molar-refractivity contribution in [1.29, 1.82) is 0 Å². The highest BCUT2D eigenvalue weighted by Crippen LogP contribution is 2.41. The van der Waals surface area contributed by atoms with Crippen molar-refractivity contribution in [1.82, 2.24) is 9.59 Å². The van der Waals surface area contributed by atoms with Gasteiger partial charge in [-0.25, -0.2) is 0 Å². The highest BCUT2D eigenvalue weighted by molar-refractivity contribution is 9.09. The Morgan fingerprint density at radius 1 is 1.33 bits per heavy atom. The van der Waals surface area contributed by atoms with Crippen LogP contribution in [0, 0.1) is 12.3 Å². The summed E-state index contributed by atoms with van der Waals surface area (Å²) >= 11 is 5.28. The van der Waals surface area contributed by atoms with Crippen molar-refractivity contribution in [3.63, 3.8) is 0 Å². The molecule has 0 radical (unpaired) electrons. The van der Waals surface area contributed by atoms with E-state index in [1.807, 2.05) is 0 Å². The lowest BCUT2D eigenvalue weighted by molar-refractivity contribution is 0.224. The van der Waals surface area contributed by atoms with E-state index in [-0.39, 0.29) is 0 Å². The first-order valence-electron chi connectivity index (χ1n) is 5.60. The second kappa shape index (κ2) is 4.91. The van der Waals surface area contributed by atoms with Gasteiger partial charge in [-0.15, -0.1) is 5.10 Å². The van der Waals surface area contributed by atoms with E-state index < -0.39 is 0 Å². The maximum Gasteiger partial charge on any atom is 0.0756 e. The molecule has 2 nitrogen and oxygen atoms in total. The molecule has 15 heavy (non-hydrogen) atoms. The molecule has 0 saturated heterocycles. The molecular formula is C11H17BrN2S. The molecule has 0 atom stereocenters. The van der Waals surface area contributed by atoms with Gasteiger partial charge in [0.1, 0.15) is 0 Å². The van der Waals surface area contributed by atoms with Gasteiger partial charge in [0.15, 0.2) is 0 Å². The summed E-state index contributed by atoms with van der Waals surface area (Å²) in [6.07, 6.45) is 8.06. The molecule has 1 aliphatic rings. The zero-order chi connectivity index (χ0) is 10.7. The van der Waals surface area contributed by atoms with Crippen molar-refractivity contribution in [3.8, 4) is 0 Å². The molecule has 0 unspecified atom stereocenters. The summed E-state index contributed by atoms with van der Waals surface area (Å²) < 4.78 is 4.03. The minimum atomic E-state index is 0.483. The van der Waals surface area contributed by atoms with E-state index in [0.29, 0.717) is 5.41 Å². The lowest BCUT2D eigenvalue weighted by atomic mass is 9.73. The summed E-state index contributed by atoms with van der Waals surface area (Å²) in [7, 11) is 0. The monoisotopic (exact) mass is 288 g/mol. The lowest BCUT2D eigenvalue weighted by Crippen LogP contribution is -2.28. The number of rotatable bonds is 3. The van der Waals surface area contributed by atoms with Crippen LogP contribution in [0.4, 0.5) is 0 Å². The Morgan fingerprint density at radius 2 is 2.07 bits per heavy atom. The maximum absolute atomic E-state index is 4.10. The van der Waals surface area contributed by atoms with Gasteiger partial charge < -0.3 is 0 Å². The number of nitrogens with zero attached hydrogens (tertiary/aromatic N) is 2. The van der Waals surface area contributed by atoms with Crippen LogP contribution in [0.1, 0.15) is 42.7 Å². The van der Waals surface area contributed by atoms with E-state index in [9.17, 15) is 0 Å². The fraction of sp³-hybridized carbons (Fsp3) is 0.818. The zero-order valence-corrected chi connectivity index (χ0v) is 11.5. The van der Waals surface area contributed by atoms with Gasteiger partial charge in [0, 0.05) is 10.2 Å². The van der Waals surface area contributed by atoms with Crippen LogP contribution in [0.5, 0.6) is 0 Å². The average molecular weight is 289 g/mol. The number of aromatic nitrogens is 2. The third-order valence-electron chi connectivity index (χ3n) is 3.48. The fourth-order valence-corrected chi connectivity index (χ4v) is 3.98. The largest absolute Gasteiger partial charge is 0.143 e. The first-order valence-corrected chi connectivity index (χ1v) is 7.49. The maximum atomic E-state index is 4.10.